The lowest BCUT2D eigenvalue weighted by Gasteiger charge is -2.36. The van der Waals surface area contributed by atoms with E-state index in [0.29, 0.717) is 34.8 Å². The van der Waals surface area contributed by atoms with Gasteiger partial charge in [-0.05, 0) is 44.0 Å². The van der Waals surface area contributed by atoms with E-state index in [9.17, 15) is 24.5 Å². The van der Waals surface area contributed by atoms with Crippen LogP contribution in [0.5, 0.6) is 0 Å². The number of anilines is 2. The molecular weight excluding hydrogens is 483 g/mol. The van der Waals surface area contributed by atoms with Gasteiger partial charge in [0.05, 0.1) is 33.2 Å². The molecule has 0 bridgehead atoms. The first-order chi connectivity index (χ1) is 16.2. The predicted molar refractivity (Wildman–Crippen MR) is 124 cm³/mol. The van der Waals surface area contributed by atoms with Crippen LogP contribution in [-0.2, 0) is 19.9 Å². The highest BCUT2D eigenvalue weighted by atomic mass is 35.5. The van der Waals surface area contributed by atoms with Gasteiger partial charge < -0.3 is 5.32 Å². The van der Waals surface area contributed by atoms with E-state index in [-0.39, 0.29) is 28.3 Å². The number of carbonyl (C=O) groups is 3. The van der Waals surface area contributed by atoms with Crippen molar-refractivity contribution in [1.82, 2.24) is 4.90 Å². The molecule has 0 radical (unpaired) electrons. The molecule has 0 unspecified atom stereocenters. The fourth-order valence-electron chi connectivity index (χ4n) is 6.42. The minimum Gasteiger partial charge on any atom is -0.324 e. The second-order valence-electron chi connectivity index (χ2n) is 9.13. The van der Waals surface area contributed by atoms with Crippen LogP contribution in [0.3, 0.4) is 0 Å². The summed E-state index contributed by atoms with van der Waals surface area (Å²) in [6, 6.07) is 6.82. The van der Waals surface area contributed by atoms with Crippen LogP contribution in [0.2, 0.25) is 10.0 Å². The molecule has 2 aromatic rings. The third kappa shape index (κ3) is 2.41. The number of nitrogens with one attached hydrogen (secondary N) is 1. The van der Waals surface area contributed by atoms with E-state index >= 15 is 0 Å². The number of hydrogen-bond donors (Lipinski definition) is 1. The van der Waals surface area contributed by atoms with E-state index in [2.05, 4.69) is 5.32 Å². The third-order valence-corrected chi connectivity index (χ3v) is 8.46. The number of rotatable bonds is 2. The number of nitrogens with zero attached hydrogens (tertiary/aromatic N) is 3. The van der Waals surface area contributed by atoms with Gasteiger partial charge in [0, 0.05) is 28.8 Å². The second-order valence-corrected chi connectivity index (χ2v) is 9.94. The second kappa shape index (κ2) is 7.00. The first-order valence-corrected chi connectivity index (χ1v) is 11.6. The van der Waals surface area contributed by atoms with Crippen molar-refractivity contribution in [2.75, 3.05) is 16.8 Å². The molecular formula is C23H18Cl2N4O5. The quantitative estimate of drug-likeness (QED) is 0.382. The van der Waals surface area contributed by atoms with Crippen molar-refractivity contribution >= 4 is 58.0 Å². The van der Waals surface area contributed by atoms with Crippen LogP contribution in [0.4, 0.5) is 17.1 Å². The number of non-ortho nitro benzene ring substituents is 1. The smallest absolute Gasteiger partial charge is 0.271 e. The topological polar surface area (TPSA) is 113 Å². The average molecular weight is 501 g/mol. The summed E-state index contributed by atoms with van der Waals surface area (Å²) in [6.07, 6.45) is 1.48. The lowest BCUT2D eigenvalue weighted by molar-refractivity contribution is -0.384. The SMILES string of the molecule is Cc1c(Cl)ccc2c1NC(=O)[C@@]21[C@@H]2C(=O)N(c3ccc([N+](=O)[O-])cc3Cl)C(=O)[C@H]2[C@@H]2CCCN21. The Kier molecular flexibility index (Phi) is 4.43. The maximum absolute atomic E-state index is 13.9. The van der Waals surface area contributed by atoms with E-state index in [0.717, 1.165) is 17.4 Å². The molecule has 4 atom stereocenters. The summed E-state index contributed by atoms with van der Waals surface area (Å²) in [7, 11) is 0. The van der Waals surface area contributed by atoms with Crippen molar-refractivity contribution in [3.05, 3.63) is 61.6 Å². The summed E-state index contributed by atoms with van der Waals surface area (Å²) in [5.41, 5.74) is 0.443. The third-order valence-electron chi connectivity index (χ3n) is 7.75. The van der Waals surface area contributed by atoms with Gasteiger partial charge in [-0.1, -0.05) is 29.3 Å². The molecule has 9 nitrogen and oxygen atoms in total. The van der Waals surface area contributed by atoms with Crippen molar-refractivity contribution in [3.8, 4) is 0 Å². The standard InChI is InChI=1S/C23H18Cl2N4O5/c1-10-13(24)6-5-12-19(10)26-22(32)23(12)18-17(16-3-2-8-27(16)23)20(30)28(21(18)31)15-7-4-11(29(33)34)9-14(15)25/h4-7,9,16-18H,2-3,8H2,1H3,(H,26,32)/t16-,17-,18-,23-/m0/s1. The van der Waals surface area contributed by atoms with Crippen LogP contribution in [0.1, 0.15) is 24.0 Å². The molecule has 3 saturated heterocycles. The van der Waals surface area contributed by atoms with Gasteiger partial charge in [-0.2, -0.15) is 0 Å². The molecule has 6 rings (SSSR count). The summed E-state index contributed by atoms with van der Waals surface area (Å²) >= 11 is 12.6. The van der Waals surface area contributed by atoms with E-state index in [1.165, 1.54) is 12.1 Å². The number of nitro benzene ring substituents is 1. The fraction of sp³-hybridized carbons (Fsp3) is 0.348. The highest BCUT2D eigenvalue weighted by Crippen LogP contribution is 2.61. The van der Waals surface area contributed by atoms with Crippen LogP contribution in [0, 0.1) is 28.9 Å². The molecule has 11 heteroatoms. The molecule has 3 amide bonds. The van der Waals surface area contributed by atoms with E-state index < -0.39 is 34.1 Å². The largest absolute Gasteiger partial charge is 0.324 e. The zero-order valence-corrected chi connectivity index (χ0v) is 19.4. The Morgan fingerprint density at radius 3 is 2.59 bits per heavy atom. The van der Waals surface area contributed by atoms with Gasteiger partial charge in [-0.15, -0.1) is 0 Å². The van der Waals surface area contributed by atoms with Crippen molar-refractivity contribution in [1.29, 1.82) is 0 Å². The molecule has 4 aliphatic heterocycles. The minimum atomic E-state index is -1.33. The summed E-state index contributed by atoms with van der Waals surface area (Å²) < 4.78 is 0. The molecule has 3 fully saturated rings. The summed E-state index contributed by atoms with van der Waals surface area (Å²) in [6.45, 7) is 2.39. The highest BCUT2D eigenvalue weighted by molar-refractivity contribution is 6.37. The monoisotopic (exact) mass is 500 g/mol. The Morgan fingerprint density at radius 1 is 1.12 bits per heavy atom. The number of imide groups is 1. The first kappa shape index (κ1) is 21.5. The number of carbonyl (C=O) groups excluding carboxylic acids is 3. The van der Waals surface area contributed by atoms with Gasteiger partial charge in [0.2, 0.25) is 17.7 Å². The minimum absolute atomic E-state index is 0.0768. The maximum Gasteiger partial charge on any atom is 0.271 e. The molecule has 2 aromatic carbocycles. The molecule has 1 spiro atoms. The van der Waals surface area contributed by atoms with Crippen molar-refractivity contribution in [3.63, 3.8) is 0 Å². The fourth-order valence-corrected chi connectivity index (χ4v) is 6.84. The molecule has 0 aromatic heterocycles. The molecule has 4 heterocycles. The zero-order chi connectivity index (χ0) is 24.1. The normalized spacial score (nSPS) is 29.6. The number of amides is 3. The Hall–Kier alpha value is -3.01. The Labute approximate surface area is 203 Å². The zero-order valence-electron chi connectivity index (χ0n) is 17.9. The van der Waals surface area contributed by atoms with Gasteiger partial charge in [-0.25, -0.2) is 4.90 Å². The molecule has 34 heavy (non-hydrogen) atoms. The Bertz CT molecular complexity index is 1350. The number of fused-ring (bicyclic) bond motifs is 7. The Balaban J connectivity index is 1.54. The predicted octanol–water partition coefficient (Wildman–Crippen LogP) is 3.64. The van der Waals surface area contributed by atoms with Gasteiger partial charge in [0.15, 0.2) is 0 Å². The molecule has 1 N–H and O–H groups in total. The molecule has 174 valence electrons. The van der Waals surface area contributed by atoms with Crippen molar-refractivity contribution in [2.45, 2.75) is 31.3 Å². The van der Waals surface area contributed by atoms with E-state index in [1.807, 2.05) is 4.90 Å². The van der Waals surface area contributed by atoms with Crippen LogP contribution in [-0.4, -0.2) is 40.1 Å². The summed E-state index contributed by atoms with van der Waals surface area (Å²) in [4.78, 5) is 54.9. The highest BCUT2D eigenvalue weighted by Gasteiger charge is 2.74. The molecule has 0 saturated carbocycles. The van der Waals surface area contributed by atoms with Crippen LogP contribution >= 0.6 is 23.2 Å². The van der Waals surface area contributed by atoms with Crippen LogP contribution in [0.25, 0.3) is 0 Å². The maximum atomic E-state index is 13.9. The number of benzene rings is 2. The van der Waals surface area contributed by atoms with Crippen LogP contribution in [0.15, 0.2) is 30.3 Å². The van der Waals surface area contributed by atoms with Crippen molar-refractivity contribution in [2.24, 2.45) is 11.8 Å². The van der Waals surface area contributed by atoms with Crippen molar-refractivity contribution < 1.29 is 19.3 Å². The lowest BCUT2D eigenvalue weighted by atomic mass is 9.75. The van der Waals surface area contributed by atoms with Gasteiger partial charge in [0.25, 0.3) is 5.69 Å². The van der Waals surface area contributed by atoms with E-state index in [1.54, 1.807) is 19.1 Å². The summed E-state index contributed by atoms with van der Waals surface area (Å²) in [5, 5.41) is 14.5. The molecule has 0 aliphatic carbocycles. The number of hydrogen-bond acceptors (Lipinski definition) is 6. The number of halogens is 2. The molecule has 4 aliphatic rings. The van der Waals surface area contributed by atoms with Gasteiger partial charge in [-0.3, -0.25) is 29.4 Å². The van der Waals surface area contributed by atoms with Gasteiger partial charge in [0.1, 0.15) is 5.54 Å². The summed E-state index contributed by atoms with van der Waals surface area (Å²) in [5.74, 6) is -2.99. The van der Waals surface area contributed by atoms with Crippen LogP contribution < -0.4 is 10.2 Å². The first-order valence-electron chi connectivity index (χ1n) is 10.9. The van der Waals surface area contributed by atoms with E-state index in [4.69, 9.17) is 23.2 Å². The van der Waals surface area contributed by atoms with Gasteiger partial charge >= 0.3 is 0 Å². The Morgan fingerprint density at radius 2 is 1.88 bits per heavy atom. The number of nitro groups is 1. The lowest BCUT2D eigenvalue weighted by Crippen LogP contribution is -2.54. The average Bonchev–Trinajstić information content (AvgIpc) is 3.50.